The predicted molar refractivity (Wildman–Crippen MR) is 115 cm³/mol. The summed E-state index contributed by atoms with van der Waals surface area (Å²) in [6.07, 6.45) is 6.11. The maximum absolute atomic E-state index is 12.7. The molecule has 0 unspecified atom stereocenters. The summed E-state index contributed by atoms with van der Waals surface area (Å²) in [7, 11) is 0. The topological polar surface area (TPSA) is 58.3 Å². The number of carbonyl (C=O) groups excluding carboxylic acids is 2. The molecular formula is C23H38N4O2+2. The van der Waals surface area contributed by atoms with Crippen LogP contribution in [0.3, 0.4) is 0 Å². The fraction of sp³-hybridized carbons (Fsp3) is 0.652. The van der Waals surface area contributed by atoms with Gasteiger partial charge in [0.15, 0.2) is 13.1 Å². The molecule has 1 aromatic rings. The van der Waals surface area contributed by atoms with E-state index in [0.717, 1.165) is 63.4 Å². The number of carbonyl (C=O) groups is 2. The number of anilines is 1. The van der Waals surface area contributed by atoms with Crippen molar-refractivity contribution >= 4 is 17.5 Å². The Morgan fingerprint density at radius 3 is 2.14 bits per heavy atom. The Morgan fingerprint density at radius 1 is 0.897 bits per heavy atom. The molecule has 2 aliphatic rings. The molecule has 0 aromatic heterocycles. The largest absolute Gasteiger partial charge is 0.338 e. The van der Waals surface area contributed by atoms with Crippen molar-refractivity contribution in [2.24, 2.45) is 0 Å². The number of aryl methyl sites for hydroxylation is 1. The minimum Gasteiger partial charge on any atom is -0.338 e. The molecule has 0 bridgehead atoms. The number of hydrogen-bond donors (Lipinski definition) is 3. The van der Waals surface area contributed by atoms with Gasteiger partial charge in [0, 0.05) is 18.8 Å². The van der Waals surface area contributed by atoms with Crippen LogP contribution in [0.4, 0.5) is 5.69 Å². The Labute approximate surface area is 175 Å². The van der Waals surface area contributed by atoms with Gasteiger partial charge in [0.05, 0.1) is 0 Å². The SMILES string of the molecule is Cc1cccc(NC(=O)C[NH+]2CC[NH+](CC(=O)N3CCCCCCC3)CC2)c1C. The van der Waals surface area contributed by atoms with Crippen LogP contribution in [0.2, 0.25) is 0 Å². The van der Waals surface area contributed by atoms with Crippen LogP contribution in [0.5, 0.6) is 0 Å². The number of quaternary nitrogens is 2. The average Bonchev–Trinajstić information content (AvgIpc) is 2.66. The summed E-state index contributed by atoms with van der Waals surface area (Å²) >= 11 is 0. The fourth-order valence-electron chi connectivity index (χ4n) is 4.44. The van der Waals surface area contributed by atoms with Crippen molar-refractivity contribution in [3.63, 3.8) is 0 Å². The van der Waals surface area contributed by atoms with Crippen molar-refractivity contribution in [3.05, 3.63) is 29.3 Å². The number of nitrogens with one attached hydrogen (secondary N) is 3. The van der Waals surface area contributed by atoms with Gasteiger partial charge in [-0.2, -0.15) is 0 Å². The third-order valence-corrected chi connectivity index (χ3v) is 6.56. The monoisotopic (exact) mass is 402 g/mol. The van der Waals surface area contributed by atoms with Gasteiger partial charge in [-0.15, -0.1) is 0 Å². The molecule has 29 heavy (non-hydrogen) atoms. The lowest BCUT2D eigenvalue weighted by Gasteiger charge is -2.31. The van der Waals surface area contributed by atoms with Crippen LogP contribution in [0.25, 0.3) is 0 Å². The molecule has 0 aliphatic carbocycles. The number of amides is 2. The molecule has 160 valence electrons. The average molecular weight is 403 g/mol. The third kappa shape index (κ3) is 6.54. The zero-order valence-electron chi connectivity index (χ0n) is 18.2. The minimum absolute atomic E-state index is 0.0776. The molecule has 2 amide bonds. The van der Waals surface area contributed by atoms with Gasteiger partial charge in [-0.05, 0) is 43.9 Å². The van der Waals surface area contributed by atoms with Crippen LogP contribution in [0, 0.1) is 13.8 Å². The summed E-state index contributed by atoms with van der Waals surface area (Å²) in [5, 5.41) is 3.07. The highest BCUT2D eigenvalue weighted by molar-refractivity contribution is 5.92. The lowest BCUT2D eigenvalue weighted by molar-refractivity contribution is -1.00. The Hall–Kier alpha value is -1.92. The molecule has 3 N–H and O–H groups in total. The van der Waals surface area contributed by atoms with Gasteiger partial charge in [-0.25, -0.2) is 0 Å². The Morgan fingerprint density at radius 2 is 1.48 bits per heavy atom. The van der Waals surface area contributed by atoms with Crippen molar-refractivity contribution in [1.82, 2.24) is 4.90 Å². The van der Waals surface area contributed by atoms with Crippen molar-refractivity contribution < 1.29 is 19.4 Å². The summed E-state index contributed by atoms with van der Waals surface area (Å²) in [6.45, 7) is 10.9. The van der Waals surface area contributed by atoms with E-state index < -0.39 is 0 Å². The summed E-state index contributed by atoms with van der Waals surface area (Å²) in [5.74, 6) is 0.395. The summed E-state index contributed by atoms with van der Waals surface area (Å²) in [6, 6.07) is 6.01. The van der Waals surface area contributed by atoms with Crippen LogP contribution in [0.15, 0.2) is 18.2 Å². The third-order valence-electron chi connectivity index (χ3n) is 6.56. The van der Waals surface area contributed by atoms with Gasteiger partial charge in [0.2, 0.25) is 0 Å². The second-order valence-electron chi connectivity index (χ2n) is 8.80. The van der Waals surface area contributed by atoms with Crippen molar-refractivity contribution in [1.29, 1.82) is 0 Å². The summed E-state index contributed by atoms with van der Waals surface area (Å²) < 4.78 is 0. The first-order valence-electron chi connectivity index (χ1n) is 11.3. The first-order valence-corrected chi connectivity index (χ1v) is 11.3. The van der Waals surface area contributed by atoms with Gasteiger partial charge in [0.1, 0.15) is 26.2 Å². The number of hydrogen-bond acceptors (Lipinski definition) is 2. The highest BCUT2D eigenvalue weighted by Gasteiger charge is 2.28. The van der Waals surface area contributed by atoms with Crippen LogP contribution in [-0.2, 0) is 9.59 Å². The summed E-state index contributed by atoms with van der Waals surface area (Å²) in [5.41, 5.74) is 3.24. The maximum Gasteiger partial charge on any atom is 0.279 e. The van der Waals surface area contributed by atoms with E-state index in [2.05, 4.69) is 23.2 Å². The predicted octanol–water partition coefficient (Wildman–Crippen LogP) is -0.182. The highest BCUT2D eigenvalue weighted by atomic mass is 16.2. The van der Waals surface area contributed by atoms with E-state index in [-0.39, 0.29) is 5.91 Å². The zero-order chi connectivity index (χ0) is 20.6. The first kappa shape index (κ1) is 21.8. The lowest BCUT2D eigenvalue weighted by atomic mass is 10.1. The number of piperazine rings is 1. The lowest BCUT2D eigenvalue weighted by Crippen LogP contribution is -3.28. The highest BCUT2D eigenvalue weighted by Crippen LogP contribution is 2.17. The molecule has 0 atom stereocenters. The molecule has 2 heterocycles. The van der Waals surface area contributed by atoms with E-state index in [1.54, 1.807) is 0 Å². The maximum atomic E-state index is 12.7. The Bertz CT molecular complexity index is 690. The van der Waals surface area contributed by atoms with E-state index in [1.807, 2.05) is 19.1 Å². The summed E-state index contributed by atoms with van der Waals surface area (Å²) in [4.78, 5) is 29.9. The molecule has 2 saturated heterocycles. The number of rotatable bonds is 5. The van der Waals surface area contributed by atoms with Crippen molar-refractivity contribution in [2.45, 2.75) is 46.0 Å². The van der Waals surface area contributed by atoms with Crippen LogP contribution >= 0.6 is 0 Å². The normalized spacial score (nSPS) is 23.2. The first-order chi connectivity index (χ1) is 14.0. The molecule has 1 aromatic carbocycles. The zero-order valence-corrected chi connectivity index (χ0v) is 18.2. The van der Waals surface area contributed by atoms with Gasteiger partial charge < -0.3 is 20.0 Å². The number of benzene rings is 1. The Balaban J connectivity index is 1.40. The smallest absolute Gasteiger partial charge is 0.279 e. The van der Waals surface area contributed by atoms with E-state index in [9.17, 15) is 9.59 Å². The fourth-order valence-corrected chi connectivity index (χ4v) is 4.44. The van der Waals surface area contributed by atoms with Gasteiger partial charge in [-0.1, -0.05) is 31.4 Å². The van der Waals surface area contributed by atoms with E-state index in [0.29, 0.717) is 19.0 Å². The second-order valence-corrected chi connectivity index (χ2v) is 8.80. The quantitative estimate of drug-likeness (QED) is 0.640. The van der Waals surface area contributed by atoms with Crippen molar-refractivity contribution in [3.8, 4) is 0 Å². The van der Waals surface area contributed by atoms with Gasteiger partial charge >= 0.3 is 0 Å². The van der Waals surface area contributed by atoms with E-state index >= 15 is 0 Å². The standard InChI is InChI=1S/C23H36N4O2/c1-19-9-8-10-21(20(19)2)24-22(28)17-25-13-15-26(16-14-25)18-23(29)27-11-6-4-3-5-7-12-27/h8-10H,3-7,11-18H2,1-2H3,(H,24,28)/p+2. The van der Waals surface area contributed by atoms with Gasteiger partial charge in [0.25, 0.3) is 11.8 Å². The second kappa shape index (κ2) is 10.7. The Kier molecular flexibility index (Phi) is 8.07. The molecular weight excluding hydrogens is 364 g/mol. The molecule has 0 radical (unpaired) electrons. The molecule has 0 saturated carbocycles. The van der Waals surface area contributed by atoms with E-state index in [1.165, 1.54) is 34.6 Å². The van der Waals surface area contributed by atoms with Crippen LogP contribution in [-0.4, -0.2) is 69.1 Å². The van der Waals surface area contributed by atoms with Crippen LogP contribution in [0.1, 0.15) is 43.2 Å². The molecule has 0 spiro atoms. The number of likely N-dealkylation sites (tertiary alicyclic amines) is 1. The van der Waals surface area contributed by atoms with Crippen LogP contribution < -0.4 is 15.1 Å². The van der Waals surface area contributed by atoms with Crippen molar-refractivity contribution in [2.75, 3.05) is 57.7 Å². The number of nitrogens with zero attached hydrogens (tertiary/aromatic N) is 1. The minimum atomic E-state index is 0.0776. The molecule has 6 heteroatoms. The molecule has 6 nitrogen and oxygen atoms in total. The molecule has 2 aliphatic heterocycles. The van der Waals surface area contributed by atoms with Gasteiger partial charge in [-0.3, -0.25) is 9.59 Å². The molecule has 2 fully saturated rings. The van der Waals surface area contributed by atoms with E-state index in [4.69, 9.17) is 0 Å². The molecule has 3 rings (SSSR count).